The first-order chi connectivity index (χ1) is 13.3. The molecule has 2 heterocycles. The van der Waals surface area contributed by atoms with Crippen LogP contribution in [0.5, 0.6) is 0 Å². The highest BCUT2D eigenvalue weighted by molar-refractivity contribution is 7.13. The lowest BCUT2D eigenvalue weighted by Crippen LogP contribution is -2.15. The number of rotatable bonds is 6. The van der Waals surface area contributed by atoms with E-state index in [-0.39, 0.29) is 12.3 Å². The molecule has 0 aliphatic heterocycles. The van der Waals surface area contributed by atoms with E-state index in [0.717, 1.165) is 34.1 Å². The van der Waals surface area contributed by atoms with Crippen LogP contribution in [-0.4, -0.2) is 10.9 Å². The highest BCUT2D eigenvalue weighted by Gasteiger charge is 2.12. The fourth-order valence-electron chi connectivity index (χ4n) is 2.87. The van der Waals surface area contributed by atoms with Crippen molar-refractivity contribution in [2.24, 2.45) is 0 Å². The second-order valence-electron chi connectivity index (χ2n) is 6.17. The fourth-order valence-corrected chi connectivity index (χ4v) is 3.66. The third-order valence-corrected chi connectivity index (χ3v) is 5.06. The number of aromatic nitrogens is 1. The Morgan fingerprint density at radius 1 is 1.00 bits per heavy atom. The molecule has 134 valence electrons. The molecule has 0 atom stereocenters. The number of anilines is 1. The molecule has 2 aromatic carbocycles. The Hall–Kier alpha value is -3.18. The summed E-state index contributed by atoms with van der Waals surface area (Å²) < 4.78 is 5.35. The van der Waals surface area contributed by atoms with Gasteiger partial charge in [-0.05, 0) is 35.7 Å². The van der Waals surface area contributed by atoms with Gasteiger partial charge in [0.15, 0.2) is 10.8 Å². The summed E-state index contributed by atoms with van der Waals surface area (Å²) in [6.07, 6.45) is 2.63. The van der Waals surface area contributed by atoms with Crippen LogP contribution in [0.15, 0.2) is 82.8 Å². The number of nitrogens with one attached hydrogen (secondary N) is 1. The van der Waals surface area contributed by atoms with Crippen molar-refractivity contribution in [2.75, 3.05) is 5.32 Å². The molecule has 0 radical (unpaired) electrons. The Morgan fingerprint density at radius 2 is 1.81 bits per heavy atom. The molecule has 0 aliphatic carbocycles. The summed E-state index contributed by atoms with van der Waals surface area (Å²) in [5, 5.41) is 5.71. The van der Waals surface area contributed by atoms with Crippen molar-refractivity contribution >= 4 is 22.9 Å². The maximum Gasteiger partial charge on any atom is 0.230 e. The molecular weight excluding hydrogens is 356 g/mol. The number of benzene rings is 2. The summed E-state index contributed by atoms with van der Waals surface area (Å²) in [5.41, 5.74) is 3.88. The predicted molar refractivity (Wildman–Crippen MR) is 108 cm³/mol. The summed E-state index contributed by atoms with van der Waals surface area (Å²) in [7, 11) is 0. The van der Waals surface area contributed by atoms with Gasteiger partial charge in [-0.15, -0.1) is 11.3 Å². The van der Waals surface area contributed by atoms with Crippen molar-refractivity contribution in [3.8, 4) is 10.8 Å². The molecule has 0 saturated heterocycles. The zero-order chi connectivity index (χ0) is 18.5. The van der Waals surface area contributed by atoms with Gasteiger partial charge in [0, 0.05) is 11.1 Å². The summed E-state index contributed by atoms with van der Waals surface area (Å²) >= 11 is 1.48. The van der Waals surface area contributed by atoms with Crippen LogP contribution in [0, 0.1) is 0 Å². The first-order valence-electron chi connectivity index (χ1n) is 8.68. The zero-order valence-corrected chi connectivity index (χ0v) is 15.4. The number of nitrogens with zero attached hydrogens (tertiary/aromatic N) is 1. The Kier molecular flexibility index (Phi) is 5.12. The number of para-hydroxylation sites is 1. The van der Waals surface area contributed by atoms with E-state index in [1.165, 1.54) is 16.9 Å². The minimum atomic E-state index is -0.0770. The molecule has 5 heteroatoms. The molecular formula is C22H18N2O2S. The van der Waals surface area contributed by atoms with Crippen molar-refractivity contribution < 1.29 is 9.21 Å². The third kappa shape index (κ3) is 4.33. The maximum absolute atomic E-state index is 12.5. The van der Waals surface area contributed by atoms with E-state index in [9.17, 15) is 4.79 Å². The van der Waals surface area contributed by atoms with Gasteiger partial charge in [-0.1, -0.05) is 48.5 Å². The normalized spacial score (nSPS) is 10.7. The lowest BCUT2D eigenvalue weighted by Gasteiger charge is -2.11. The SMILES string of the molecule is O=C(Cc1csc(-c2ccco2)n1)Nc1ccccc1Cc1ccccc1. The standard InChI is InChI=1S/C22H18N2O2S/c25-21(14-18-15-27-22(23-18)20-11-6-12-26-20)24-19-10-5-4-9-17(19)13-16-7-2-1-3-8-16/h1-12,15H,13-14H2,(H,24,25). The van der Waals surface area contributed by atoms with Crippen molar-refractivity contribution in [3.63, 3.8) is 0 Å². The average molecular weight is 374 g/mol. The first-order valence-corrected chi connectivity index (χ1v) is 9.56. The number of carbonyl (C=O) groups is 1. The van der Waals surface area contributed by atoms with Crippen LogP contribution in [-0.2, 0) is 17.6 Å². The second-order valence-corrected chi connectivity index (χ2v) is 7.02. The van der Waals surface area contributed by atoms with Gasteiger partial charge in [0.25, 0.3) is 0 Å². The van der Waals surface area contributed by atoms with Gasteiger partial charge >= 0.3 is 0 Å². The topological polar surface area (TPSA) is 55.1 Å². The van der Waals surface area contributed by atoms with Crippen molar-refractivity contribution in [2.45, 2.75) is 12.8 Å². The van der Waals surface area contributed by atoms with Crippen LogP contribution < -0.4 is 5.32 Å². The van der Waals surface area contributed by atoms with Crippen molar-refractivity contribution in [1.29, 1.82) is 0 Å². The molecule has 0 bridgehead atoms. The smallest absolute Gasteiger partial charge is 0.230 e. The molecule has 0 saturated carbocycles. The van der Waals surface area contributed by atoms with E-state index in [4.69, 9.17) is 4.42 Å². The average Bonchev–Trinajstić information content (AvgIpc) is 3.36. The first kappa shape index (κ1) is 17.2. The van der Waals surface area contributed by atoms with Crippen LogP contribution in [0.3, 0.4) is 0 Å². The molecule has 4 rings (SSSR count). The molecule has 1 amide bonds. The Labute approximate surface area is 161 Å². The number of hydrogen-bond donors (Lipinski definition) is 1. The van der Waals surface area contributed by atoms with Gasteiger partial charge in [0.1, 0.15) is 0 Å². The molecule has 0 aliphatic rings. The van der Waals surface area contributed by atoms with Gasteiger partial charge in [-0.25, -0.2) is 4.98 Å². The van der Waals surface area contributed by atoms with Gasteiger partial charge < -0.3 is 9.73 Å². The van der Waals surface area contributed by atoms with Gasteiger partial charge in [0.05, 0.1) is 18.4 Å². The number of carbonyl (C=O) groups excluding carboxylic acids is 1. The number of thiazole rings is 1. The summed E-state index contributed by atoms with van der Waals surface area (Å²) in [5.74, 6) is 0.645. The highest BCUT2D eigenvalue weighted by atomic mass is 32.1. The zero-order valence-electron chi connectivity index (χ0n) is 14.6. The fraction of sp³-hybridized carbons (Fsp3) is 0.0909. The summed E-state index contributed by atoms with van der Waals surface area (Å²) in [4.78, 5) is 17.0. The van der Waals surface area contributed by atoms with Gasteiger partial charge in [-0.3, -0.25) is 4.79 Å². The Morgan fingerprint density at radius 3 is 2.63 bits per heavy atom. The monoisotopic (exact) mass is 374 g/mol. The van der Waals surface area contributed by atoms with E-state index >= 15 is 0 Å². The van der Waals surface area contributed by atoms with E-state index in [0.29, 0.717) is 0 Å². The quantitative estimate of drug-likeness (QED) is 0.506. The molecule has 0 unspecified atom stereocenters. The van der Waals surface area contributed by atoms with E-state index < -0.39 is 0 Å². The number of furan rings is 1. The van der Waals surface area contributed by atoms with Crippen LogP contribution in [0.25, 0.3) is 10.8 Å². The minimum Gasteiger partial charge on any atom is -0.462 e. The Balaban J connectivity index is 1.44. The predicted octanol–water partition coefficient (Wildman–Crippen LogP) is 5.18. The van der Waals surface area contributed by atoms with Crippen molar-refractivity contribution in [1.82, 2.24) is 4.98 Å². The minimum absolute atomic E-state index is 0.0770. The summed E-state index contributed by atoms with van der Waals surface area (Å²) in [6.45, 7) is 0. The largest absolute Gasteiger partial charge is 0.462 e. The lowest BCUT2D eigenvalue weighted by molar-refractivity contribution is -0.115. The van der Waals surface area contributed by atoms with Gasteiger partial charge in [-0.2, -0.15) is 0 Å². The molecule has 1 N–H and O–H groups in total. The highest BCUT2D eigenvalue weighted by Crippen LogP contribution is 2.24. The summed E-state index contributed by atoms with van der Waals surface area (Å²) in [6, 6.07) is 21.8. The van der Waals surface area contributed by atoms with E-state index in [2.05, 4.69) is 22.4 Å². The van der Waals surface area contributed by atoms with Crippen molar-refractivity contribution in [3.05, 3.63) is 95.2 Å². The van der Waals surface area contributed by atoms with Crippen LogP contribution in [0.4, 0.5) is 5.69 Å². The van der Waals surface area contributed by atoms with Crippen LogP contribution in [0.1, 0.15) is 16.8 Å². The molecule has 2 aromatic heterocycles. The van der Waals surface area contributed by atoms with E-state index in [1.807, 2.05) is 60.0 Å². The Bertz CT molecular complexity index is 1020. The van der Waals surface area contributed by atoms with Crippen LogP contribution >= 0.6 is 11.3 Å². The molecule has 0 spiro atoms. The van der Waals surface area contributed by atoms with Crippen LogP contribution in [0.2, 0.25) is 0 Å². The second kappa shape index (κ2) is 8.01. The molecule has 27 heavy (non-hydrogen) atoms. The molecule has 4 nitrogen and oxygen atoms in total. The number of hydrogen-bond acceptors (Lipinski definition) is 4. The molecule has 0 fully saturated rings. The lowest BCUT2D eigenvalue weighted by atomic mass is 10.0. The number of amides is 1. The third-order valence-electron chi connectivity index (χ3n) is 4.15. The van der Waals surface area contributed by atoms with Gasteiger partial charge in [0.2, 0.25) is 5.91 Å². The van der Waals surface area contributed by atoms with E-state index in [1.54, 1.807) is 6.26 Å². The maximum atomic E-state index is 12.5. The molecule has 4 aromatic rings.